The molecule has 2 aromatic carbocycles. The molecule has 0 aliphatic rings. The van der Waals surface area contributed by atoms with Crippen molar-refractivity contribution in [1.82, 2.24) is 9.97 Å². The molecule has 0 saturated carbocycles. The molecule has 0 amide bonds. The fourth-order valence-electron chi connectivity index (χ4n) is 3.31. The number of methoxy groups -OCH3 is 1. The van der Waals surface area contributed by atoms with E-state index in [-0.39, 0.29) is 6.42 Å². The van der Waals surface area contributed by atoms with E-state index in [1.807, 2.05) is 49.4 Å². The summed E-state index contributed by atoms with van der Waals surface area (Å²) in [6.45, 7) is 5.09. The standard InChI is InChI=1S/C23H27N3O4/c1-4-13-26(23-18-8-5-6-9-19(18)24-16(2)25-23)17-11-12-20(29-3)21(15-17)30-14-7-10-22(27)28/h5-6,8-9,11-12,15H,4,7,10,13-14H2,1-3H3,(H,27,28). The molecule has 3 aromatic rings. The van der Waals surface area contributed by atoms with Crippen LogP contribution in [0.1, 0.15) is 32.0 Å². The van der Waals surface area contributed by atoms with Gasteiger partial charge in [-0.2, -0.15) is 0 Å². The van der Waals surface area contributed by atoms with Gasteiger partial charge in [0.2, 0.25) is 0 Å². The molecule has 1 aromatic heterocycles. The Morgan fingerprint density at radius 3 is 2.67 bits per heavy atom. The van der Waals surface area contributed by atoms with Crippen molar-refractivity contribution in [2.75, 3.05) is 25.2 Å². The van der Waals surface area contributed by atoms with Crippen LogP contribution >= 0.6 is 0 Å². The third-order valence-electron chi connectivity index (χ3n) is 4.65. The molecule has 7 nitrogen and oxygen atoms in total. The Kier molecular flexibility index (Phi) is 7.06. The molecule has 1 heterocycles. The zero-order valence-corrected chi connectivity index (χ0v) is 17.6. The number of aliphatic carboxylic acids is 1. The molecule has 0 saturated heterocycles. The van der Waals surface area contributed by atoms with Gasteiger partial charge in [0.1, 0.15) is 11.6 Å². The summed E-state index contributed by atoms with van der Waals surface area (Å²) >= 11 is 0. The van der Waals surface area contributed by atoms with Gasteiger partial charge in [0.05, 0.1) is 19.2 Å². The van der Waals surface area contributed by atoms with E-state index >= 15 is 0 Å². The first-order chi connectivity index (χ1) is 14.5. The molecule has 0 unspecified atom stereocenters. The van der Waals surface area contributed by atoms with Gasteiger partial charge in [-0.1, -0.05) is 19.1 Å². The first-order valence-electron chi connectivity index (χ1n) is 10.1. The van der Waals surface area contributed by atoms with Gasteiger partial charge in [-0.05, 0) is 44.0 Å². The summed E-state index contributed by atoms with van der Waals surface area (Å²) in [4.78, 5) is 22.2. The topological polar surface area (TPSA) is 84.8 Å². The van der Waals surface area contributed by atoms with E-state index in [9.17, 15) is 4.79 Å². The van der Waals surface area contributed by atoms with Crippen molar-refractivity contribution in [2.45, 2.75) is 33.1 Å². The molecule has 158 valence electrons. The monoisotopic (exact) mass is 409 g/mol. The molecule has 30 heavy (non-hydrogen) atoms. The van der Waals surface area contributed by atoms with Crippen molar-refractivity contribution in [3.63, 3.8) is 0 Å². The van der Waals surface area contributed by atoms with Gasteiger partial charge >= 0.3 is 5.97 Å². The number of hydrogen-bond acceptors (Lipinski definition) is 6. The van der Waals surface area contributed by atoms with Gasteiger partial charge in [0.25, 0.3) is 0 Å². The van der Waals surface area contributed by atoms with Crippen LogP contribution in [-0.4, -0.2) is 41.3 Å². The molecular weight excluding hydrogens is 382 g/mol. The van der Waals surface area contributed by atoms with Gasteiger partial charge < -0.3 is 19.5 Å². The maximum Gasteiger partial charge on any atom is 0.303 e. The number of para-hydroxylation sites is 1. The molecule has 0 radical (unpaired) electrons. The number of carbonyl (C=O) groups is 1. The van der Waals surface area contributed by atoms with E-state index < -0.39 is 5.97 Å². The third kappa shape index (κ3) is 4.97. The number of rotatable bonds is 10. The Labute approximate surface area is 176 Å². The molecular formula is C23H27N3O4. The van der Waals surface area contributed by atoms with Crippen molar-refractivity contribution in [3.05, 3.63) is 48.3 Å². The number of benzene rings is 2. The fourth-order valence-corrected chi connectivity index (χ4v) is 3.31. The predicted octanol–water partition coefficient (Wildman–Crippen LogP) is 4.74. The van der Waals surface area contributed by atoms with E-state index in [0.717, 1.165) is 35.4 Å². The van der Waals surface area contributed by atoms with Gasteiger partial charge in [-0.3, -0.25) is 4.79 Å². The van der Waals surface area contributed by atoms with Gasteiger partial charge in [-0.15, -0.1) is 0 Å². The molecule has 0 bridgehead atoms. The Hall–Kier alpha value is -3.35. The normalized spacial score (nSPS) is 10.8. The Bertz CT molecular complexity index is 1020. The van der Waals surface area contributed by atoms with Crippen molar-refractivity contribution in [3.8, 4) is 11.5 Å². The van der Waals surface area contributed by atoms with Gasteiger partial charge in [-0.25, -0.2) is 9.97 Å². The Morgan fingerprint density at radius 1 is 1.13 bits per heavy atom. The van der Waals surface area contributed by atoms with Crippen LogP contribution in [0.5, 0.6) is 11.5 Å². The molecule has 7 heteroatoms. The summed E-state index contributed by atoms with van der Waals surface area (Å²) < 4.78 is 11.3. The van der Waals surface area contributed by atoms with Crippen molar-refractivity contribution in [1.29, 1.82) is 0 Å². The van der Waals surface area contributed by atoms with Crippen LogP contribution in [0.15, 0.2) is 42.5 Å². The minimum atomic E-state index is -0.834. The van der Waals surface area contributed by atoms with Crippen LogP contribution in [0.4, 0.5) is 11.5 Å². The number of carboxylic acids is 1. The number of hydrogen-bond donors (Lipinski definition) is 1. The van der Waals surface area contributed by atoms with E-state index in [2.05, 4.69) is 16.8 Å². The average molecular weight is 409 g/mol. The lowest BCUT2D eigenvalue weighted by molar-refractivity contribution is -0.137. The molecule has 0 atom stereocenters. The van der Waals surface area contributed by atoms with E-state index in [1.165, 1.54) is 0 Å². The number of aromatic nitrogens is 2. The number of carboxylic acid groups (broad SMARTS) is 1. The number of nitrogens with zero attached hydrogens (tertiary/aromatic N) is 3. The summed E-state index contributed by atoms with van der Waals surface area (Å²) in [5, 5.41) is 9.81. The maximum absolute atomic E-state index is 10.7. The van der Waals surface area contributed by atoms with Gasteiger partial charge in [0.15, 0.2) is 11.5 Å². The second-order valence-electron chi connectivity index (χ2n) is 6.94. The number of ether oxygens (including phenoxy) is 2. The van der Waals surface area contributed by atoms with Crippen molar-refractivity contribution in [2.24, 2.45) is 0 Å². The highest BCUT2D eigenvalue weighted by atomic mass is 16.5. The number of fused-ring (bicyclic) bond motifs is 1. The second-order valence-corrected chi connectivity index (χ2v) is 6.94. The predicted molar refractivity (Wildman–Crippen MR) is 117 cm³/mol. The van der Waals surface area contributed by atoms with E-state index in [4.69, 9.17) is 19.6 Å². The number of anilines is 2. The molecule has 0 aliphatic carbocycles. The van der Waals surface area contributed by atoms with Crippen LogP contribution in [-0.2, 0) is 4.79 Å². The summed E-state index contributed by atoms with van der Waals surface area (Å²) in [6.07, 6.45) is 1.42. The smallest absolute Gasteiger partial charge is 0.303 e. The van der Waals surface area contributed by atoms with Crippen molar-refractivity contribution < 1.29 is 19.4 Å². The van der Waals surface area contributed by atoms with Crippen LogP contribution in [0.3, 0.4) is 0 Å². The van der Waals surface area contributed by atoms with Gasteiger partial charge in [0, 0.05) is 30.1 Å². The summed E-state index contributed by atoms with van der Waals surface area (Å²) in [7, 11) is 1.59. The van der Waals surface area contributed by atoms with Crippen LogP contribution < -0.4 is 14.4 Å². The first-order valence-corrected chi connectivity index (χ1v) is 10.1. The maximum atomic E-state index is 10.7. The quantitative estimate of drug-likeness (QED) is 0.484. The fraction of sp³-hybridized carbons (Fsp3) is 0.348. The highest BCUT2D eigenvalue weighted by Gasteiger charge is 2.17. The largest absolute Gasteiger partial charge is 0.493 e. The lowest BCUT2D eigenvalue weighted by Crippen LogP contribution is -2.20. The summed E-state index contributed by atoms with van der Waals surface area (Å²) in [5.41, 5.74) is 1.83. The van der Waals surface area contributed by atoms with E-state index in [0.29, 0.717) is 30.4 Å². The molecule has 0 aliphatic heterocycles. The molecule has 1 N–H and O–H groups in total. The highest BCUT2D eigenvalue weighted by molar-refractivity contribution is 5.91. The zero-order chi connectivity index (χ0) is 21.5. The second kappa shape index (κ2) is 9.91. The Morgan fingerprint density at radius 2 is 1.93 bits per heavy atom. The molecule has 0 fully saturated rings. The summed E-state index contributed by atoms with van der Waals surface area (Å²) in [5.74, 6) is 1.91. The van der Waals surface area contributed by atoms with Crippen LogP contribution in [0, 0.1) is 6.92 Å². The Balaban J connectivity index is 1.98. The van der Waals surface area contributed by atoms with Crippen molar-refractivity contribution >= 4 is 28.4 Å². The van der Waals surface area contributed by atoms with Crippen LogP contribution in [0.2, 0.25) is 0 Å². The first kappa shape index (κ1) is 21.4. The average Bonchev–Trinajstić information content (AvgIpc) is 2.74. The van der Waals surface area contributed by atoms with E-state index in [1.54, 1.807) is 7.11 Å². The minimum Gasteiger partial charge on any atom is -0.493 e. The highest BCUT2D eigenvalue weighted by Crippen LogP contribution is 2.36. The summed E-state index contributed by atoms with van der Waals surface area (Å²) in [6, 6.07) is 13.7. The third-order valence-corrected chi connectivity index (χ3v) is 4.65. The minimum absolute atomic E-state index is 0.0656. The lowest BCUT2D eigenvalue weighted by Gasteiger charge is -2.26. The zero-order valence-electron chi connectivity index (χ0n) is 17.6. The lowest BCUT2D eigenvalue weighted by atomic mass is 10.2. The SMILES string of the molecule is CCCN(c1ccc(OC)c(OCCCC(=O)O)c1)c1nc(C)nc2ccccc12. The number of aryl methyl sites for hydroxylation is 1. The molecule has 0 spiro atoms. The molecule has 3 rings (SSSR count). The van der Waals surface area contributed by atoms with Crippen LogP contribution in [0.25, 0.3) is 10.9 Å².